The van der Waals surface area contributed by atoms with Gasteiger partial charge in [-0.3, -0.25) is 0 Å². The van der Waals surface area contributed by atoms with Crippen LogP contribution in [0.4, 0.5) is 17.6 Å². The van der Waals surface area contributed by atoms with Crippen molar-refractivity contribution in [2.45, 2.75) is 26.4 Å². The molecule has 0 unspecified atom stereocenters. The second-order valence-corrected chi connectivity index (χ2v) is 6.61. The molecule has 0 atom stereocenters. The molecular weight excluding hydrogens is 356 g/mol. The molecule has 0 radical (unpaired) electrons. The third-order valence-corrected chi connectivity index (χ3v) is 4.49. The van der Waals surface area contributed by atoms with Gasteiger partial charge in [-0.25, -0.2) is 4.39 Å². The smallest absolute Gasteiger partial charge is 0.417 e. The molecule has 0 saturated carbocycles. The summed E-state index contributed by atoms with van der Waals surface area (Å²) in [6.45, 7) is 3.61. The molecule has 1 nitrogen and oxygen atoms in total. The predicted molar refractivity (Wildman–Crippen MR) is 97.2 cm³/mol. The van der Waals surface area contributed by atoms with E-state index in [-0.39, 0.29) is 23.3 Å². The van der Waals surface area contributed by atoms with E-state index in [4.69, 9.17) is 0 Å². The number of aryl methyl sites for hydroxylation is 2. The van der Waals surface area contributed by atoms with Gasteiger partial charge < -0.3 is 5.11 Å². The van der Waals surface area contributed by atoms with Crippen LogP contribution in [0.5, 0.6) is 5.75 Å². The lowest BCUT2D eigenvalue weighted by atomic mass is 9.89. The monoisotopic (exact) mass is 374 g/mol. The number of hydrogen-bond acceptors (Lipinski definition) is 1. The summed E-state index contributed by atoms with van der Waals surface area (Å²) in [6, 6.07) is 12.5. The summed E-state index contributed by atoms with van der Waals surface area (Å²) in [7, 11) is 0. The van der Waals surface area contributed by atoms with Gasteiger partial charge in [0, 0.05) is 6.42 Å². The molecule has 0 spiro atoms. The quantitative estimate of drug-likeness (QED) is 0.524. The Labute approximate surface area is 154 Å². The molecule has 0 heterocycles. The van der Waals surface area contributed by atoms with E-state index in [2.05, 4.69) is 0 Å². The normalized spacial score (nSPS) is 11.6. The number of benzene rings is 3. The first-order chi connectivity index (χ1) is 12.7. The minimum atomic E-state index is -4.55. The molecule has 3 aromatic rings. The Morgan fingerprint density at radius 2 is 1.56 bits per heavy atom. The highest BCUT2D eigenvalue weighted by molar-refractivity contribution is 5.72. The van der Waals surface area contributed by atoms with E-state index in [0.717, 1.165) is 23.8 Å². The van der Waals surface area contributed by atoms with Gasteiger partial charge in [0.15, 0.2) is 0 Å². The Kier molecular flexibility index (Phi) is 4.96. The SMILES string of the molecule is Cc1cc(C)c(O)c(Cc2cccc(C(F)(F)F)c2-c2ccc(F)cc2)c1. The molecule has 0 aliphatic carbocycles. The van der Waals surface area contributed by atoms with Gasteiger partial charge in [0.25, 0.3) is 0 Å². The number of phenols is 1. The van der Waals surface area contributed by atoms with Gasteiger partial charge in [-0.2, -0.15) is 13.2 Å². The van der Waals surface area contributed by atoms with Crippen molar-refractivity contribution < 1.29 is 22.7 Å². The fourth-order valence-electron chi connectivity index (χ4n) is 3.33. The van der Waals surface area contributed by atoms with Crippen molar-refractivity contribution in [2.24, 2.45) is 0 Å². The van der Waals surface area contributed by atoms with Crippen molar-refractivity contribution in [3.05, 3.63) is 88.2 Å². The van der Waals surface area contributed by atoms with Crippen LogP contribution in [0.2, 0.25) is 0 Å². The van der Waals surface area contributed by atoms with Crippen molar-refractivity contribution in [1.29, 1.82) is 0 Å². The maximum absolute atomic E-state index is 13.6. The molecule has 0 aliphatic rings. The van der Waals surface area contributed by atoms with Crippen LogP contribution in [-0.4, -0.2) is 5.11 Å². The summed E-state index contributed by atoms with van der Waals surface area (Å²) in [5, 5.41) is 10.3. The van der Waals surface area contributed by atoms with Crippen LogP contribution in [0.25, 0.3) is 11.1 Å². The number of rotatable bonds is 3. The van der Waals surface area contributed by atoms with E-state index in [1.165, 1.54) is 18.2 Å². The second kappa shape index (κ2) is 7.06. The van der Waals surface area contributed by atoms with Crippen molar-refractivity contribution >= 4 is 0 Å². The Bertz CT molecular complexity index is 973. The first-order valence-electron chi connectivity index (χ1n) is 8.41. The lowest BCUT2D eigenvalue weighted by molar-refractivity contribution is -0.137. The molecule has 5 heteroatoms. The van der Waals surface area contributed by atoms with Crippen LogP contribution in [0.1, 0.15) is 27.8 Å². The lowest BCUT2D eigenvalue weighted by Gasteiger charge is -2.18. The fourth-order valence-corrected chi connectivity index (χ4v) is 3.33. The van der Waals surface area contributed by atoms with Crippen molar-refractivity contribution in [2.75, 3.05) is 0 Å². The van der Waals surface area contributed by atoms with Crippen LogP contribution in [0.15, 0.2) is 54.6 Å². The molecule has 0 amide bonds. The number of halogens is 4. The Balaban J connectivity index is 2.20. The highest BCUT2D eigenvalue weighted by Gasteiger charge is 2.34. The minimum absolute atomic E-state index is 0.00330. The van der Waals surface area contributed by atoms with E-state index in [0.29, 0.717) is 16.7 Å². The van der Waals surface area contributed by atoms with Crippen LogP contribution < -0.4 is 0 Å². The van der Waals surface area contributed by atoms with Crippen LogP contribution in [0.3, 0.4) is 0 Å². The fraction of sp³-hybridized carbons (Fsp3) is 0.182. The van der Waals surface area contributed by atoms with Gasteiger partial charge in [-0.15, -0.1) is 0 Å². The van der Waals surface area contributed by atoms with Gasteiger partial charge in [0.2, 0.25) is 0 Å². The molecule has 3 aromatic carbocycles. The van der Waals surface area contributed by atoms with Crippen molar-refractivity contribution in [3.63, 3.8) is 0 Å². The van der Waals surface area contributed by atoms with E-state index in [9.17, 15) is 22.7 Å². The molecule has 0 bridgehead atoms. The molecule has 0 aliphatic heterocycles. The molecule has 0 fully saturated rings. The predicted octanol–water partition coefficient (Wildman–Crippen LogP) is 6.42. The van der Waals surface area contributed by atoms with Gasteiger partial charge in [0.05, 0.1) is 5.56 Å². The van der Waals surface area contributed by atoms with E-state index in [1.807, 2.05) is 13.0 Å². The lowest BCUT2D eigenvalue weighted by Crippen LogP contribution is -2.09. The van der Waals surface area contributed by atoms with Crippen LogP contribution >= 0.6 is 0 Å². The second-order valence-electron chi connectivity index (χ2n) is 6.61. The summed E-state index contributed by atoms with van der Waals surface area (Å²) >= 11 is 0. The van der Waals surface area contributed by atoms with Gasteiger partial charge in [0.1, 0.15) is 11.6 Å². The Hall–Kier alpha value is -2.82. The zero-order valence-electron chi connectivity index (χ0n) is 14.9. The molecular formula is C22H18F4O. The molecule has 3 rings (SSSR count). The zero-order valence-corrected chi connectivity index (χ0v) is 14.9. The highest BCUT2D eigenvalue weighted by atomic mass is 19.4. The van der Waals surface area contributed by atoms with E-state index >= 15 is 0 Å². The number of aromatic hydroxyl groups is 1. The first kappa shape index (κ1) is 19.0. The van der Waals surface area contributed by atoms with Gasteiger partial charge in [-0.05, 0) is 59.9 Å². The molecule has 0 saturated heterocycles. The molecule has 27 heavy (non-hydrogen) atoms. The minimum Gasteiger partial charge on any atom is -0.507 e. The van der Waals surface area contributed by atoms with Crippen molar-refractivity contribution in [3.8, 4) is 16.9 Å². The van der Waals surface area contributed by atoms with Crippen LogP contribution in [0, 0.1) is 19.7 Å². The van der Waals surface area contributed by atoms with Crippen LogP contribution in [-0.2, 0) is 12.6 Å². The maximum atomic E-state index is 13.6. The summed E-state index contributed by atoms with van der Waals surface area (Å²) in [5.74, 6) is -0.445. The van der Waals surface area contributed by atoms with Gasteiger partial charge in [-0.1, -0.05) is 42.0 Å². The standard InChI is InChI=1S/C22H18F4O/c1-13-10-14(2)21(27)17(11-13)12-16-4-3-5-19(22(24,25)26)20(16)15-6-8-18(23)9-7-15/h3-11,27H,12H2,1-2H3. The van der Waals surface area contributed by atoms with E-state index < -0.39 is 17.6 Å². The topological polar surface area (TPSA) is 20.2 Å². The number of hydrogen-bond donors (Lipinski definition) is 1. The average molecular weight is 374 g/mol. The summed E-state index contributed by atoms with van der Waals surface area (Å²) in [5.41, 5.74) is 2.05. The third-order valence-electron chi connectivity index (χ3n) is 4.49. The molecule has 1 N–H and O–H groups in total. The van der Waals surface area contributed by atoms with E-state index in [1.54, 1.807) is 19.1 Å². The average Bonchev–Trinajstić information content (AvgIpc) is 2.59. The molecule has 140 valence electrons. The third kappa shape index (κ3) is 3.97. The number of alkyl halides is 3. The maximum Gasteiger partial charge on any atom is 0.417 e. The zero-order chi connectivity index (χ0) is 19.8. The van der Waals surface area contributed by atoms with Crippen molar-refractivity contribution in [1.82, 2.24) is 0 Å². The summed E-state index contributed by atoms with van der Waals surface area (Å²) in [4.78, 5) is 0. The highest BCUT2D eigenvalue weighted by Crippen LogP contribution is 2.40. The number of phenolic OH excluding ortho intramolecular Hbond substituents is 1. The summed E-state index contributed by atoms with van der Waals surface area (Å²) < 4.78 is 54.1. The largest absolute Gasteiger partial charge is 0.507 e. The first-order valence-corrected chi connectivity index (χ1v) is 8.41. The Morgan fingerprint density at radius 1 is 0.889 bits per heavy atom. The van der Waals surface area contributed by atoms with Gasteiger partial charge >= 0.3 is 6.18 Å². The Morgan fingerprint density at radius 3 is 2.19 bits per heavy atom. The summed E-state index contributed by atoms with van der Waals surface area (Å²) in [6.07, 6.45) is -4.42. The molecule has 0 aromatic heterocycles.